The molecule has 1 heterocycles. The molecule has 0 atom stereocenters. The first-order chi connectivity index (χ1) is 12.1. The van der Waals surface area contributed by atoms with E-state index in [1.807, 2.05) is 48.5 Å². The molecule has 25 heavy (non-hydrogen) atoms. The Balaban J connectivity index is 1.63. The Morgan fingerprint density at radius 1 is 1.08 bits per heavy atom. The van der Waals surface area contributed by atoms with Crippen LogP contribution in [0.3, 0.4) is 0 Å². The lowest BCUT2D eigenvalue weighted by molar-refractivity contribution is -0.116. The average molecular weight is 354 g/mol. The number of H-pyrrole nitrogens is 1. The third-order valence-corrected chi connectivity index (χ3v) is 3.93. The Labute approximate surface area is 149 Å². The maximum absolute atomic E-state index is 12.1. The maximum atomic E-state index is 12.1. The van der Waals surface area contributed by atoms with Crippen LogP contribution in [0.5, 0.6) is 0 Å². The zero-order valence-electron chi connectivity index (χ0n) is 13.3. The molecule has 0 saturated carbocycles. The number of hydrogen-bond donors (Lipinski definition) is 2. The zero-order valence-corrected chi connectivity index (χ0v) is 14.1. The number of halogens is 1. The Bertz CT molecular complexity index is 915. The molecule has 0 unspecified atom stereocenters. The summed E-state index contributed by atoms with van der Waals surface area (Å²) >= 11 is 5.85. The van der Waals surface area contributed by atoms with Gasteiger partial charge in [-0.1, -0.05) is 35.9 Å². The van der Waals surface area contributed by atoms with Gasteiger partial charge in [-0.2, -0.15) is 5.10 Å². The second-order valence-corrected chi connectivity index (χ2v) is 6.00. The molecule has 2 N–H and O–H groups in total. The molecule has 2 aromatic carbocycles. The smallest absolute Gasteiger partial charge is 0.264 e. The van der Waals surface area contributed by atoms with Crippen LogP contribution in [0.1, 0.15) is 12.0 Å². The minimum absolute atomic E-state index is 0.0680. The van der Waals surface area contributed by atoms with E-state index in [0.29, 0.717) is 29.2 Å². The predicted octanol–water partition coefficient (Wildman–Crippen LogP) is 3.66. The number of rotatable bonds is 5. The van der Waals surface area contributed by atoms with Crippen LogP contribution in [-0.2, 0) is 11.2 Å². The van der Waals surface area contributed by atoms with Crippen LogP contribution in [0.15, 0.2) is 65.5 Å². The van der Waals surface area contributed by atoms with E-state index in [9.17, 15) is 9.59 Å². The first-order valence-corrected chi connectivity index (χ1v) is 8.18. The van der Waals surface area contributed by atoms with Gasteiger partial charge in [0.25, 0.3) is 5.56 Å². The van der Waals surface area contributed by atoms with Crippen molar-refractivity contribution in [2.45, 2.75) is 12.8 Å². The monoisotopic (exact) mass is 353 g/mol. The number of nitrogens with zero attached hydrogens (tertiary/aromatic N) is 1. The third kappa shape index (κ3) is 4.78. The highest BCUT2D eigenvalue weighted by Gasteiger charge is 2.06. The summed E-state index contributed by atoms with van der Waals surface area (Å²) in [6.07, 6.45) is 1.02. The highest BCUT2D eigenvalue weighted by atomic mass is 35.5. The molecule has 0 fully saturated rings. The Hall–Kier alpha value is -2.92. The van der Waals surface area contributed by atoms with Crippen molar-refractivity contribution in [3.8, 4) is 11.3 Å². The molecule has 0 aliphatic rings. The van der Waals surface area contributed by atoms with Crippen LogP contribution in [0.4, 0.5) is 5.69 Å². The summed E-state index contributed by atoms with van der Waals surface area (Å²) in [5, 5.41) is 9.95. The van der Waals surface area contributed by atoms with E-state index < -0.39 is 0 Å². The third-order valence-electron chi connectivity index (χ3n) is 3.68. The molecule has 0 spiro atoms. The summed E-state index contributed by atoms with van der Waals surface area (Å²) in [5.41, 5.74) is 2.94. The van der Waals surface area contributed by atoms with Crippen molar-refractivity contribution in [1.82, 2.24) is 10.2 Å². The van der Waals surface area contributed by atoms with Gasteiger partial charge in [-0.25, -0.2) is 5.10 Å². The van der Waals surface area contributed by atoms with E-state index in [1.165, 1.54) is 6.07 Å². The van der Waals surface area contributed by atoms with E-state index >= 15 is 0 Å². The van der Waals surface area contributed by atoms with Gasteiger partial charge < -0.3 is 5.32 Å². The molecule has 0 aliphatic heterocycles. The largest absolute Gasteiger partial charge is 0.326 e. The Morgan fingerprint density at radius 3 is 2.60 bits per heavy atom. The molecule has 0 radical (unpaired) electrons. The summed E-state index contributed by atoms with van der Waals surface area (Å²) in [6, 6.07) is 17.8. The van der Waals surface area contributed by atoms with Crippen LogP contribution < -0.4 is 10.9 Å². The maximum Gasteiger partial charge on any atom is 0.264 e. The molecule has 6 heteroatoms. The number of carbonyl (C=O) groups excluding carboxylic acids is 1. The fraction of sp³-hybridized carbons (Fsp3) is 0.105. The fourth-order valence-corrected chi connectivity index (χ4v) is 2.52. The van der Waals surface area contributed by atoms with Gasteiger partial charge >= 0.3 is 0 Å². The molecule has 5 nitrogen and oxygen atoms in total. The van der Waals surface area contributed by atoms with Crippen molar-refractivity contribution < 1.29 is 4.79 Å². The van der Waals surface area contributed by atoms with Crippen LogP contribution in [0.25, 0.3) is 11.3 Å². The number of anilines is 1. The van der Waals surface area contributed by atoms with Crippen molar-refractivity contribution in [2.24, 2.45) is 0 Å². The lowest BCUT2D eigenvalue weighted by Gasteiger charge is -2.07. The minimum Gasteiger partial charge on any atom is -0.326 e. The molecule has 126 valence electrons. The topological polar surface area (TPSA) is 74.8 Å². The number of carbonyl (C=O) groups is 1. The highest BCUT2D eigenvalue weighted by Crippen LogP contribution is 2.20. The number of aryl methyl sites for hydroxylation is 1. The van der Waals surface area contributed by atoms with E-state index in [1.54, 1.807) is 6.07 Å². The molecule has 1 amide bonds. The van der Waals surface area contributed by atoms with Gasteiger partial charge in [0.15, 0.2) is 0 Å². The van der Waals surface area contributed by atoms with Crippen LogP contribution >= 0.6 is 11.6 Å². The van der Waals surface area contributed by atoms with Crippen LogP contribution in [0.2, 0.25) is 5.02 Å². The summed E-state index contributed by atoms with van der Waals surface area (Å²) < 4.78 is 0. The average Bonchev–Trinajstić information content (AvgIpc) is 2.62. The standard InChI is InChI=1S/C19H16ClN3O2/c20-15-7-4-13(5-8-15)6-10-18(24)21-16-3-1-2-14(12-16)17-9-11-19(25)23-22-17/h1-5,7-9,11-12H,6,10H2,(H,21,24)(H,23,25). The molecule has 3 aromatic rings. The number of aromatic amines is 1. The van der Waals surface area contributed by atoms with E-state index in [2.05, 4.69) is 15.5 Å². The normalized spacial score (nSPS) is 10.4. The van der Waals surface area contributed by atoms with Crippen LogP contribution in [0, 0.1) is 0 Å². The van der Waals surface area contributed by atoms with Crippen LogP contribution in [-0.4, -0.2) is 16.1 Å². The van der Waals surface area contributed by atoms with Gasteiger partial charge in [-0.15, -0.1) is 0 Å². The van der Waals surface area contributed by atoms with Gasteiger partial charge in [0.2, 0.25) is 5.91 Å². The van der Waals surface area contributed by atoms with Crippen molar-refractivity contribution in [3.05, 3.63) is 81.6 Å². The number of amides is 1. The molecular weight excluding hydrogens is 338 g/mol. The second kappa shape index (κ2) is 7.77. The van der Waals surface area contributed by atoms with Gasteiger partial charge in [0.1, 0.15) is 0 Å². The lowest BCUT2D eigenvalue weighted by atomic mass is 10.1. The summed E-state index contributed by atoms with van der Waals surface area (Å²) in [5.74, 6) is -0.0680. The van der Waals surface area contributed by atoms with Gasteiger partial charge in [0.05, 0.1) is 5.69 Å². The van der Waals surface area contributed by atoms with Crippen molar-refractivity contribution >= 4 is 23.2 Å². The highest BCUT2D eigenvalue weighted by molar-refractivity contribution is 6.30. The summed E-state index contributed by atoms with van der Waals surface area (Å²) in [4.78, 5) is 23.2. The van der Waals surface area contributed by atoms with E-state index in [4.69, 9.17) is 11.6 Å². The number of nitrogens with one attached hydrogen (secondary N) is 2. The van der Waals surface area contributed by atoms with E-state index in [0.717, 1.165) is 11.1 Å². The van der Waals surface area contributed by atoms with Crippen molar-refractivity contribution in [2.75, 3.05) is 5.32 Å². The van der Waals surface area contributed by atoms with Gasteiger partial charge in [-0.3, -0.25) is 9.59 Å². The van der Waals surface area contributed by atoms with Crippen molar-refractivity contribution in [1.29, 1.82) is 0 Å². The predicted molar refractivity (Wildman–Crippen MR) is 98.7 cm³/mol. The molecule has 3 rings (SSSR count). The number of hydrogen-bond acceptors (Lipinski definition) is 3. The fourth-order valence-electron chi connectivity index (χ4n) is 2.39. The minimum atomic E-state index is -0.254. The van der Waals surface area contributed by atoms with Gasteiger partial charge in [-0.05, 0) is 42.3 Å². The molecule has 0 aliphatic carbocycles. The first-order valence-electron chi connectivity index (χ1n) is 7.80. The summed E-state index contributed by atoms with van der Waals surface area (Å²) in [7, 11) is 0. The number of benzene rings is 2. The SMILES string of the molecule is O=C(CCc1ccc(Cl)cc1)Nc1cccc(-c2ccc(=O)[nH]n2)c1. The zero-order chi connectivity index (χ0) is 17.6. The first kappa shape index (κ1) is 16.9. The molecular formula is C19H16ClN3O2. The molecule has 1 aromatic heterocycles. The molecule has 0 saturated heterocycles. The molecule has 0 bridgehead atoms. The van der Waals surface area contributed by atoms with E-state index in [-0.39, 0.29) is 11.5 Å². The second-order valence-electron chi connectivity index (χ2n) is 5.56. The van der Waals surface area contributed by atoms with Crippen molar-refractivity contribution in [3.63, 3.8) is 0 Å². The van der Waals surface area contributed by atoms with Gasteiger partial charge in [0, 0.05) is 28.8 Å². The summed E-state index contributed by atoms with van der Waals surface area (Å²) in [6.45, 7) is 0. The Morgan fingerprint density at radius 2 is 1.88 bits per heavy atom. The Kier molecular flexibility index (Phi) is 5.26. The lowest BCUT2D eigenvalue weighted by Crippen LogP contribution is -2.12. The number of aromatic nitrogens is 2. The quantitative estimate of drug-likeness (QED) is 0.735.